The third-order valence-electron chi connectivity index (χ3n) is 5.13. The van der Waals surface area contributed by atoms with Crippen molar-refractivity contribution < 1.29 is 5.11 Å². The summed E-state index contributed by atoms with van der Waals surface area (Å²) in [6.45, 7) is 5.30. The average molecular weight is 326 g/mol. The lowest BCUT2D eigenvalue weighted by Crippen LogP contribution is -2.60. The molecule has 2 heterocycles. The molecule has 2 atom stereocenters. The summed E-state index contributed by atoms with van der Waals surface area (Å²) in [4.78, 5) is 13.4. The molecule has 0 aliphatic carbocycles. The van der Waals surface area contributed by atoms with Gasteiger partial charge in [-0.3, -0.25) is 9.88 Å². The molecule has 0 radical (unpaired) electrons. The predicted molar refractivity (Wildman–Crippen MR) is 96.1 cm³/mol. The number of aliphatic hydroxyl groups is 1. The molecule has 1 aromatic carbocycles. The predicted octanol–water partition coefficient (Wildman–Crippen LogP) is 2.12. The monoisotopic (exact) mass is 326 g/mol. The van der Waals surface area contributed by atoms with Crippen LogP contribution in [-0.4, -0.2) is 53.3 Å². The van der Waals surface area contributed by atoms with Crippen molar-refractivity contribution >= 4 is 5.82 Å². The minimum absolute atomic E-state index is 0.372. The summed E-state index contributed by atoms with van der Waals surface area (Å²) < 4.78 is 0. The lowest BCUT2D eigenvalue weighted by Gasteiger charge is -2.50. The van der Waals surface area contributed by atoms with E-state index in [0.717, 1.165) is 35.7 Å². The van der Waals surface area contributed by atoms with Crippen LogP contribution < -0.4 is 4.90 Å². The molecule has 0 bridgehead atoms. The number of aliphatic hydroxyl groups excluding tert-OH is 1. The Balaban J connectivity index is 1.92. The van der Waals surface area contributed by atoms with E-state index >= 15 is 0 Å². The number of likely N-dealkylation sites (N-methyl/N-ethyl adjacent to an activating group) is 1. The highest BCUT2D eigenvalue weighted by molar-refractivity contribution is 5.45. The van der Waals surface area contributed by atoms with Crippen LogP contribution in [0.1, 0.15) is 23.4 Å². The third-order valence-corrected chi connectivity index (χ3v) is 5.13. The molecule has 5 heteroatoms. The van der Waals surface area contributed by atoms with Gasteiger partial charge in [0, 0.05) is 19.3 Å². The van der Waals surface area contributed by atoms with Crippen molar-refractivity contribution in [1.82, 2.24) is 14.9 Å². The van der Waals surface area contributed by atoms with Crippen LogP contribution in [0.3, 0.4) is 0 Å². The van der Waals surface area contributed by atoms with Gasteiger partial charge in [0.1, 0.15) is 5.82 Å². The Morgan fingerprint density at radius 3 is 2.54 bits per heavy atom. The van der Waals surface area contributed by atoms with Gasteiger partial charge >= 0.3 is 0 Å². The zero-order valence-corrected chi connectivity index (χ0v) is 14.9. The standard InChI is InChI=1S/C19H26N4O/c1-14-12-20-15(2)18(21-14)23-11-10-19(22(3)4,17(24)13-23)16-8-6-5-7-9-16/h5-9,12,17,24H,10-11,13H2,1-4H3/t17-,19+/m1/s1. The Kier molecular flexibility index (Phi) is 4.56. The van der Waals surface area contributed by atoms with E-state index in [1.54, 1.807) is 6.20 Å². The largest absolute Gasteiger partial charge is 0.389 e. The average Bonchev–Trinajstić information content (AvgIpc) is 2.57. The first-order valence-corrected chi connectivity index (χ1v) is 8.41. The fourth-order valence-corrected chi connectivity index (χ4v) is 3.78. The molecule has 24 heavy (non-hydrogen) atoms. The van der Waals surface area contributed by atoms with E-state index in [0.29, 0.717) is 6.54 Å². The van der Waals surface area contributed by atoms with E-state index in [4.69, 9.17) is 0 Å². The quantitative estimate of drug-likeness (QED) is 0.936. The van der Waals surface area contributed by atoms with Gasteiger partial charge < -0.3 is 10.0 Å². The summed E-state index contributed by atoms with van der Waals surface area (Å²) in [5.41, 5.74) is 2.60. The molecule has 0 spiro atoms. The Morgan fingerprint density at radius 1 is 1.21 bits per heavy atom. The molecule has 3 rings (SSSR count). The summed E-state index contributed by atoms with van der Waals surface area (Å²) in [6.07, 6.45) is 2.11. The fraction of sp³-hybridized carbons (Fsp3) is 0.474. The smallest absolute Gasteiger partial charge is 0.150 e. The molecule has 1 fully saturated rings. The summed E-state index contributed by atoms with van der Waals surface area (Å²) in [5, 5.41) is 11.1. The Labute approximate surface area is 144 Å². The van der Waals surface area contributed by atoms with Crippen LogP contribution >= 0.6 is 0 Å². The number of aryl methyl sites for hydroxylation is 2. The number of β-amino-alcohol motifs (C(OH)–C–C–N with tert-alkyl or cyclic N) is 1. The molecule has 0 saturated carbocycles. The van der Waals surface area contributed by atoms with Crippen molar-refractivity contribution in [2.45, 2.75) is 31.9 Å². The first-order valence-electron chi connectivity index (χ1n) is 8.41. The Bertz CT molecular complexity index is 704. The van der Waals surface area contributed by atoms with Gasteiger partial charge in [-0.1, -0.05) is 30.3 Å². The SMILES string of the molecule is Cc1cnc(C)c(N2CC[C@@](c3ccccc3)(N(C)C)[C@H](O)C2)n1. The molecule has 1 aromatic heterocycles. The lowest BCUT2D eigenvalue weighted by atomic mass is 9.77. The first-order chi connectivity index (χ1) is 11.4. The second-order valence-corrected chi connectivity index (χ2v) is 6.82. The molecule has 1 aliphatic rings. The highest BCUT2D eigenvalue weighted by Crippen LogP contribution is 2.38. The van der Waals surface area contributed by atoms with Gasteiger partial charge in [0.2, 0.25) is 0 Å². The zero-order valence-electron chi connectivity index (χ0n) is 14.9. The van der Waals surface area contributed by atoms with Gasteiger partial charge in [-0.15, -0.1) is 0 Å². The van der Waals surface area contributed by atoms with Gasteiger partial charge in [0.15, 0.2) is 0 Å². The minimum Gasteiger partial charge on any atom is -0.389 e. The number of rotatable bonds is 3. The minimum atomic E-state index is -0.509. The molecule has 0 amide bonds. The maximum atomic E-state index is 11.1. The van der Waals surface area contributed by atoms with Crippen molar-refractivity contribution in [1.29, 1.82) is 0 Å². The summed E-state index contributed by atoms with van der Waals surface area (Å²) in [5.74, 6) is 0.884. The van der Waals surface area contributed by atoms with Gasteiger partial charge in [0.25, 0.3) is 0 Å². The molecule has 0 unspecified atom stereocenters. The third kappa shape index (κ3) is 2.78. The molecule has 128 valence electrons. The highest BCUT2D eigenvalue weighted by Gasteiger charge is 2.45. The van der Waals surface area contributed by atoms with Crippen molar-refractivity contribution in [3.63, 3.8) is 0 Å². The second kappa shape index (κ2) is 6.49. The molecule has 1 N–H and O–H groups in total. The van der Waals surface area contributed by atoms with Crippen LogP contribution in [0, 0.1) is 13.8 Å². The van der Waals surface area contributed by atoms with Crippen LogP contribution in [0.2, 0.25) is 0 Å². The maximum Gasteiger partial charge on any atom is 0.150 e. The maximum absolute atomic E-state index is 11.1. The number of aromatic nitrogens is 2. The normalized spacial score (nSPS) is 24.4. The van der Waals surface area contributed by atoms with E-state index in [2.05, 4.69) is 31.9 Å². The van der Waals surface area contributed by atoms with Crippen LogP contribution in [0.5, 0.6) is 0 Å². The van der Waals surface area contributed by atoms with Crippen LogP contribution in [-0.2, 0) is 5.54 Å². The first kappa shape index (κ1) is 16.9. The summed E-state index contributed by atoms with van der Waals surface area (Å²) >= 11 is 0. The Hall–Kier alpha value is -1.98. The van der Waals surface area contributed by atoms with Crippen molar-refractivity contribution in [2.24, 2.45) is 0 Å². The number of hydrogen-bond donors (Lipinski definition) is 1. The lowest BCUT2D eigenvalue weighted by molar-refractivity contribution is -0.0247. The molecule has 1 aliphatic heterocycles. The van der Waals surface area contributed by atoms with Crippen LogP contribution in [0.25, 0.3) is 0 Å². The highest BCUT2D eigenvalue weighted by atomic mass is 16.3. The van der Waals surface area contributed by atoms with Crippen molar-refractivity contribution in [2.75, 3.05) is 32.1 Å². The molecule has 5 nitrogen and oxygen atoms in total. The Morgan fingerprint density at radius 2 is 1.92 bits per heavy atom. The van der Waals surface area contributed by atoms with E-state index in [9.17, 15) is 5.11 Å². The van der Waals surface area contributed by atoms with E-state index in [1.807, 2.05) is 46.1 Å². The number of anilines is 1. The van der Waals surface area contributed by atoms with Crippen LogP contribution in [0.4, 0.5) is 5.82 Å². The van der Waals surface area contributed by atoms with E-state index < -0.39 is 6.10 Å². The summed E-state index contributed by atoms with van der Waals surface area (Å²) in [7, 11) is 4.09. The van der Waals surface area contributed by atoms with Gasteiger partial charge in [0.05, 0.1) is 23.0 Å². The molecule has 1 saturated heterocycles. The number of piperidine rings is 1. The molecular weight excluding hydrogens is 300 g/mol. The summed E-state index contributed by atoms with van der Waals surface area (Å²) in [6, 6.07) is 10.3. The van der Waals surface area contributed by atoms with E-state index in [1.165, 1.54) is 0 Å². The zero-order chi connectivity index (χ0) is 17.3. The van der Waals surface area contributed by atoms with Crippen LogP contribution in [0.15, 0.2) is 36.5 Å². The molecule has 2 aromatic rings. The van der Waals surface area contributed by atoms with Crippen molar-refractivity contribution in [3.8, 4) is 0 Å². The topological polar surface area (TPSA) is 52.5 Å². The van der Waals surface area contributed by atoms with Gasteiger partial charge in [-0.25, -0.2) is 4.98 Å². The van der Waals surface area contributed by atoms with Crippen molar-refractivity contribution in [3.05, 3.63) is 53.5 Å². The van der Waals surface area contributed by atoms with E-state index in [-0.39, 0.29) is 5.54 Å². The fourth-order valence-electron chi connectivity index (χ4n) is 3.78. The second-order valence-electron chi connectivity index (χ2n) is 6.82. The number of nitrogens with zero attached hydrogens (tertiary/aromatic N) is 4. The number of benzene rings is 1. The van der Waals surface area contributed by atoms with Gasteiger partial charge in [-0.05, 0) is 39.9 Å². The van der Waals surface area contributed by atoms with Gasteiger partial charge in [-0.2, -0.15) is 0 Å². The number of hydrogen-bond acceptors (Lipinski definition) is 5. The molecular formula is C19H26N4O.